The van der Waals surface area contributed by atoms with E-state index in [4.69, 9.17) is 0 Å². The van der Waals surface area contributed by atoms with Crippen LogP contribution in [0.4, 0.5) is 13.2 Å². The first-order valence-electron chi connectivity index (χ1n) is 6.41. The molecular formula is C16H11F3O4. The molecule has 0 unspecified atom stereocenters. The molecule has 2 aromatic rings. The molecule has 2 aromatic carbocycles. The van der Waals surface area contributed by atoms with Crippen molar-refractivity contribution in [3.05, 3.63) is 58.7 Å². The molecule has 4 nitrogen and oxygen atoms in total. The Kier molecular flexibility index (Phi) is 4.14. The number of aryl methyl sites for hydroxylation is 1. The van der Waals surface area contributed by atoms with Crippen molar-refractivity contribution in [2.75, 3.05) is 0 Å². The predicted molar refractivity (Wildman–Crippen MR) is 75.5 cm³/mol. The molecule has 0 aliphatic heterocycles. The van der Waals surface area contributed by atoms with Gasteiger partial charge in [0.2, 0.25) is 0 Å². The molecule has 2 rings (SSSR count). The van der Waals surface area contributed by atoms with Crippen molar-refractivity contribution < 1.29 is 33.0 Å². The topological polar surface area (TPSA) is 74.6 Å². The van der Waals surface area contributed by atoms with E-state index in [0.717, 1.165) is 13.0 Å². The summed E-state index contributed by atoms with van der Waals surface area (Å²) in [6.45, 7) is 1.04. The minimum atomic E-state index is -4.92. The minimum Gasteiger partial charge on any atom is -0.478 e. The molecule has 0 aromatic heterocycles. The van der Waals surface area contributed by atoms with Crippen LogP contribution in [0.15, 0.2) is 36.4 Å². The van der Waals surface area contributed by atoms with Gasteiger partial charge in [0, 0.05) is 5.56 Å². The fraction of sp³-hybridized carbons (Fsp3) is 0.125. The highest BCUT2D eigenvalue weighted by Crippen LogP contribution is 2.40. The van der Waals surface area contributed by atoms with Gasteiger partial charge in [0.25, 0.3) is 0 Å². The number of hydrogen-bond donors (Lipinski definition) is 2. The van der Waals surface area contributed by atoms with Gasteiger partial charge in [-0.2, -0.15) is 13.2 Å². The molecule has 0 bridgehead atoms. The van der Waals surface area contributed by atoms with E-state index in [-0.39, 0.29) is 5.56 Å². The molecule has 7 heteroatoms. The van der Waals surface area contributed by atoms with Gasteiger partial charge >= 0.3 is 18.1 Å². The van der Waals surface area contributed by atoms with Gasteiger partial charge in [0.05, 0.1) is 16.7 Å². The Hall–Kier alpha value is -2.83. The second-order valence-electron chi connectivity index (χ2n) is 4.84. The number of alkyl halides is 3. The normalized spacial score (nSPS) is 11.3. The van der Waals surface area contributed by atoms with Crippen LogP contribution in [0.3, 0.4) is 0 Å². The largest absolute Gasteiger partial charge is 0.478 e. The zero-order chi connectivity index (χ0) is 17.4. The maximum atomic E-state index is 13.3. The van der Waals surface area contributed by atoms with Gasteiger partial charge in [-0.3, -0.25) is 0 Å². The molecule has 0 aliphatic carbocycles. The van der Waals surface area contributed by atoms with Gasteiger partial charge < -0.3 is 10.2 Å². The standard InChI is InChI=1S/C16H11F3O4/c1-8-7-10(14(20)21)11(9-5-3-2-4-6-9)12(15(22)23)13(8)16(17,18)19/h2-7H,1H3,(H,20,21)(H,22,23). The van der Waals surface area contributed by atoms with E-state index in [1.54, 1.807) is 6.07 Å². The van der Waals surface area contributed by atoms with Gasteiger partial charge in [-0.1, -0.05) is 30.3 Å². The van der Waals surface area contributed by atoms with E-state index in [2.05, 4.69) is 0 Å². The summed E-state index contributed by atoms with van der Waals surface area (Å²) < 4.78 is 39.9. The smallest absolute Gasteiger partial charge is 0.417 e. The first kappa shape index (κ1) is 16.5. The fourth-order valence-corrected chi connectivity index (χ4v) is 2.47. The summed E-state index contributed by atoms with van der Waals surface area (Å²) in [6, 6.07) is 8.13. The summed E-state index contributed by atoms with van der Waals surface area (Å²) in [5.41, 5.74) is -3.70. The van der Waals surface area contributed by atoms with E-state index in [9.17, 15) is 33.0 Å². The molecule has 0 spiro atoms. The lowest BCUT2D eigenvalue weighted by molar-refractivity contribution is -0.138. The molecule has 0 saturated carbocycles. The van der Waals surface area contributed by atoms with Crippen LogP contribution in [0.1, 0.15) is 31.8 Å². The average molecular weight is 324 g/mol. The van der Waals surface area contributed by atoms with Crippen molar-refractivity contribution in [3.8, 4) is 11.1 Å². The van der Waals surface area contributed by atoms with Crippen molar-refractivity contribution in [3.63, 3.8) is 0 Å². The quantitative estimate of drug-likeness (QED) is 0.892. The highest BCUT2D eigenvalue weighted by atomic mass is 19.4. The number of hydrogen-bond acceptors (Lipinski definition) is 2. The predicted octanol–water partition coefficient (Wildman–Crippen LogP) is 4.08. The number of benzene rings is 2. The molecular weight excluding hydrogens is 313 g/mol. The molecule has 0 saturated heterocycles. The van der Waals surface area contributed by atoms with Gasteiger partial charge in [-0.15, -0.1) is 0 Å². The Morgan fingerprint density at radius 2 is 1.57 bits per heavy atom. The third kappa shape index (κ3) is 3.03. The Labute approximate surface area is 128 Å². The fourth-order valence-electron chi connectivity index (χ4n) is 2.47. The Morgan fingerprint density at radius 1 is 1.00 bits per heavy atom. The molecule has 0 atom stereocenters. The van der Waals surface area contributed by atoms with E-state index >= 15 is 0 Å². The van der Waals surface area contributed by atoms with Crippen molar-refractivity contribution in [2.24, 2.45) is 0 Å². The highest BCUT2D eigenvalue weighted by molar-refractivity contribution is 6.06. The van der Waals surface area contributed by atoms with Gasteiger partial charge in [0.1, 0.15) is 0 Å². The summed E-state index contributed by atoms with van der Waals surface area (Å²) in [5, 5.41) is 18.6. The molecule has 0 radical (unpaired) electrons. The molecule has 0 heterocycles. The third-order valence-electron chi connectivity index (χ3n) is 3.31. The second-order valence-corrected chi connectivity index (χ2v) is 4.84. The second kappa shape index (κ2) is 5.75. The zero-order valence-electron chi connectivity index (χ0n) is 11.8. The number of rotatable bonds is 3. The SMILES string of the molecule is Cc1cc(C(=O)O)c(-c2ccccc2)c(C(=O)O)c1C(F)(F)F. The summed E-state index contributed by atoms with van der Waals surface area (Å²) in [6.07, 6.45) is -4.92. The minimum absolute atomic E-state index is 0.0906. The van der Waals surface area contributed by atoms with Crippen molar-refractivity contribution in [1.82, 2.24) is 0 Å². The summed E-state index contributed by atoms with van der Waals surface area (Å²) in [7, 11) is 0. The average Bonchev–Trinajstić information content (AvgIpc) is 2.45. The van der Waals surface area contributed by atoms with Crippen LogP contribution in [0.2, 0.25) is 0 Å². The van der Waals surface area contributed by atoms with E-state index in [0.29, 0.717) is 0 Å². The Balaban J connectivity index is 3.02. The van der Waals surface area contributed by atoms with Gasteiger partial charge in [-0.05, 0) is 24.1 Å². The van der Waals surface area contributed by atoms with Crippen molar-refractivity contribution in [2.45, 2.75) is 13.1 Å². The van der Waals surface area contributed by atoms with Crippen molar-refractivity contribution >= 4 is 11.9 Å². The lowest BCUT2D eigenvalue weighted by Crippen LogP contribution is -2.19. The van der Waals surface area contributed by atoms with Crippen LogP contribution in [-0.4, -0.2) is 22.2 Å². The zero-order valence-corrected chi connectivity index (χ0v) is 11.8. The van der Waals surface area contributed by atoms with Crippen LogP contribution in [0.25, 0.3) is 11.1 Å². The lowest BCUT2D eigenvalue weighted by atomic mass is 9.87. The summed E-state index contributed by atoms with van der Waals surface area (Å²) >= 11 is 0. The monoisotopic (exact) mass is 324 g/mol. The summed E-state index contributed by atoms with van der Waals surface area (Å²) in [4.78, 5) is 22.9. The first-order chi connectivity index (χ1) is 10.6. The number of aromatic carboxylic acids is 2. The first-order valence-corrected chi connectivity index (χ1v) is 6.41. The van der Waals surface area contributed by atoms with Crippen molar-refractivity contribution in [1.29, 1.82) is 0 Å². The Bertz CT molecular complexity index is 780. The van der Waals surface area contributed by atoms with E-state index in [1.165, 1.54) is 24.3 Å². The molecule has 23 heavy (non-hydrogen) atoms. The van der Waals surface area contributed by atoms with Gasteiger partial charge in [0.15, 0.2) is 0 Å². The number of carboxylic acid groups (broad SMARTS) is 2. The van der Waals surface area contributed by atoms with Crippen LogP contribution >= 0.6 is 0 Å². The van der Waals surface area contributed by atoms with E-state index in [1.807, 2.05) is 0 Å². The van der Waals surface area contributed by atoms with Crippen LogP contribution in [0, 0.1) is 6.92 Å². The third-order valence-corrected chi connectivity index (χ3v) is 3.31. The summed E-state index contributed by atoms with van der Waals surface area (Å²) in [5.74, 6) is -3.33. The van der Waals surface area contributed by atoms with Crippen LogP contribution in [-0.2, 0) is 6.18 Å². The molecule has 0 amide bonds. The van der Waals surface area contributed by atoms with E-state index < -0.39 is 45.9 Å². The molecule has 0 aliphatic rings. The maximum Gasteiger partial charge on any atom is 0.417 e. The number of carbonyl (C=O) groups is 2. The number of carboxylic acids is 2. The van der Waals surface area contributed by atoms with Crippen LogP contribution < -0.4 is 0 Å². The Morgan fingerprint density at radius 3 is 2.00 bits per heavy atom. The molecule has 2 N–H and O–H groups in total. The molecule has 0 fully saturated rings. The number of halogens is 3. The molecule has 120 valence electrons. The van der Waals surface area contributed by atoms with Crippen LogP contribution in [0.5, 0.6) is 0 Å². The highest BCUT2D eigenvalue weighted by Gasteiger charge is 2.40. The lowest BCUT2D eigenvalue weighted by Gasteiger charge is -2.19. The maximum absolute atomic E-state index is 13.3. The van der Waals surface area contributed by atoms with Gasteiger partial charge in [-0.25, -0.2) is 9.59 Å².